The van der Waals surface area contributed by atoms with Gasteiger partial charge in [-0.05, 0) is 44.9 Å². The standard InChI is InChI=1S/C41H77O9P/c1-3-5-7-9-11-13-15-17-18-19-20-21-22-24-26-28-30-32-34-47-37-40(38-49-51(45,46)48-36-39(43)35-42)50-41(44)33-31-29-27-25-23-16-14-12-10-8-6-4-2/h5,7,11,13,17-18,39-40,42-43H,3-4,6,8-10,12,14-16,19-38H2,1-2H3,(H,45,46)/b7-5-,13-11-,18-17-. The minimum absolute atomic E-state index is 0.0461. The van der Waals surface area contributed by atoms with Gasteiger partial charge in [0.1, 0.15) is 12.2 Å². The van der Waals surface area contributed by atoms with E-state index >= 15 is 0 Å². The van der Waals surface area contributed by atoms with Crippen LogP contribution in [-0.2, 0) is 27.9 Å². The summed E-state index contributed by atoms with van der Waals surface area (Å²) in [7, 11) is -4.51. The van der Waals surface area contributed by atoms with Crippen LogP contribution < -0.4 is 0 Å². The summed E-state index contributed by atoms with van der Waals surface area (Å²) in [5.74, 6) is -0.386. The average Bonchev–Trinajstić information content (AvgIpc) is 3.12. The van der Waals surface area contributed by atoms with Crippen LogP contribution in [0.25, 0.3) is 0 Å². The minimum Gasteiger partial charge on any atom is -0.457 e. The van der Waals surface area contributed by atoms with Crippen molar-refractivity contribution in [2.75, 3.05) is 33.0 Å². The maximum atomic E-state index is 12.6. The molecule has 300 valence electrons. The van der Waals surface area contributed by atoms with Crippen LogP contribution in [0.5, 0.6) is 0 Å². The molecule has 9 nitrogen and oxygen atoms in total. The molecule has 0 heterocycles. The van der Waals surface area contributed by atoms with Crippen molar-refractivity contribution in [3.05, 3.63) is 36.5 Å². The first-order chi connectivity index (χ1) is 24.8. The smallest absolute Gasteiger partial charge is 0.457 e. The molecule has 3 atom stereocenters. The van der Waals surface area contributed by atoms with Crippen molar-refractivity contribution in [2.24, 2.45) is 0 Å². The zero-order valence-corrected chi connectivity index (χ0v) is 33.5. The van der Waals surface area contributed by atoms with Gasteiger partial charge in [-0.15, -0.1) is 0 Å². The van der Waals surface area contributed by atoms with Crippen molar-refractivity contribution in [2.45, 2.75) is 187 Å². The monoisotopic (exact) mass is 745 g/mol. The van der Waals surface area contributed by atoms with Gasteiger partial charge in [-0.1, -0.05) is 159 Å². The molecule has 0 bridgehead atoms. The van der Waals surface area contributed by atoms with Gasteiger partial charge in [-0.2, -0.15) is 0 Å². The molecule has 0 spiro atoms. The number of rotatable bonds is 39. The number of carbonyl (C=O) groups excluding carboxylic acids is 1. The van der Waals surface area contributed by atoms with Crippen LogP contribution in [-0.4, -0.2) is 66.3 Å². The highest BCUT2D eigenvalue weighted by Crippen LogP contribution is 2.43. The summed E-state index contributed by atoms with van der Waals surface area (Å²) in [6.45, 7) is 3.39. The van der Waals surface area contributed by atoms with Gasteiger partial charge in [-0.3, -0.25) is 13.8 Å². The van der Waals surface area contributed by atoms with Crippen LogP contribution in [0.1, 0.15) is 174 Å². The Morgan fingerprint density at radius 2 is 1.12 bits per heavy atom. The zero-order valence-electron chi connectivity index (χ0n) is 32.6. The molecule has 0 saturated carbocycles. The number of aliphatic hydroxyl groups excluding tert-OH is 2. The van der Waals surface area contributed by atoms with E-state index in [-0.39, 0.29) is 25.6 Å². The molecule has 0 aromatic carbocycles. The van der Waals surface area contributed by atoms with Gasteiger partial charge in [-0.25, -0.2) is 4.57 Å². The van der Waals surface area contributed by atoms with Crippen molar-refractivity contribution in [1.29, 1.82) is 0 Å². The largest absolute Gasteiger partial charge is 0.472 e. The molecule has 0 aromatic rings. The molecule has 0 aliphatic rings. The van der Waals surface area contributed by atoms with Gasteiger partial charge in [0.15, 0.2) is 0 Å². The molecule has 3 unspecified atom stereocenters. The highest BCUT2D eigenvalue weighted by molar-refractivity contribution is 7.47. The van der Waals surface area contributed by atoms with E-state index in [1.807, 2.05) is 0 Å². The SMILES string of the molecule is CC/C=C\C/C=C\C/C=C\CCCCCCCCCCOCC(COP(=O)(O)OCC(O)CO)OC(=O)CCCCCCCCCCCCCC. The fourth-order valence-electron chi connectivity index (χ4n) is 5.49. The second kappa shape index (κ2) is 38.4. The van der Waals surface area contributed by atoms with Gasteiger partial charge in [0.2, 0.25) is 0 Å². The number of hydrogen-bond acceptors (Lipinski definition) is 8. The summed E-state index contributed by atoms with van der Waals surface area (Å²) >= 11 is 0. The van der Waals surface area contributed by atoms with Crippen molar-refractivity contribution in [1.82, 2.24) is 0 Å². The first-order valence-electron chi connectivity index (χ1n) is 20.5. The first kappa shape index (κ1) is 49.7. The number of allylic oxidation sites excluding steroid dienone is 6. The third kappa shape index (κ3) is 38.2. The average molecular weight is 745 g/mol. The third-order valence-electron chi connectivity index (χ3n) is 8.59. The zero-order chi connectivity index (χ0) is 37.5. The number of esters is 1. The number of phosphoric ester groups is 1. The molecule has 0 aliphatic heterocycles. The summed E-state index contributed by atoms with van der Waals surface area (Å²) in [6.07, 6.45) is 39.6. The summed E-state index contributed by atoms with van der Waals surface area (Å²) in [6, 6.07) is 0. The molecule has 0 rings (SSSR count). The van der Waals surface area contributed by atoms with Gasteiger partial charge < -0.3 is 24.6 Å². The molecular weight excluding hydrogens is 667 g/mol. The Balaban J connectivity index is 4.17. The second-order valence-corrected chi connectivity index (χ2v) is 15.1. The lowest BCUT2D eigenvalue weighted by atomic mass is 10.0. The van der Waals surface area contributed by atoms with E-state index < -0.39 is 33.2 Å². The molecule has 0 amide bonds. The molecule has 0 radical (unpaired) electrons. The number of hydrogen-bond donors (Lipinski definition) is 3. The summed E-state index contributed by atoms with van der Waals surface area (Å²) in [5, 5.41) is 18.3. The predicted octanol–water partition coefficient (Wildman–Crippen LogP) is 10.9. The molecule has 10 heteroatoms. The molecule has 0 fully saturated rings. The molecular formula is C41H77O9P. The fraction of sp³-hybridized carbons (Fsp3) is 0.829. The number of aliphatic hydroxyl groups is 2. The number of unbranched alkanes of at least 4 members (excludes halogenated alkanes) is 19. The Kier molecular flexibility index (Phi) is 37.4. The van der Waals surface area contributed by atoms with Crippen LogP contribution in [0, 0.1) is 0 Å². The number of carbonyl (C=O) groups is 1. The quantitative estimate of drug-likeness (QED) is 0.0243. The summed E-state index contributed by atoms with van der Waals surface area (Å²) in [4.78, 5) is 22.5. The lowest BCUT2D eigenvalue weighted by Crippen LogP contribution is -2.29. The lowest BCUT2D eigenvalue weighted by Gasteiger charge is -2.20. The second-order valence-electron chi connectivity index (χ2n) is 13.6. The number of phosphoric acid groups is 1. The maximum absolute atomic E-state index is 12.6. The lowest BCUT2D eigenvalue weighted by molar-refractivity contribution is -0.154. The minimum atomic E-state index is -4.51. The van der Waals surface area contributed by atoms with Gasteiger partial charge in [0.25, 0.3) is 0 Å². The number of ether oxygens (including phenoxy) is 2. The highest BCUT2D eigenvalue weighted by Gasteiger charge is 2.26. The van der Waals surface area contributed by atoms with E-state index in [9.17, 15) is 19.4 Å². The highest BCUT2D eigenvalue weighted by atomic mass is 31.2. The molecule has 51 heavy (non-hydrogen) atoms. The van der Waals surface area contributed by atoms with Gasteiger partial charge in [0, 0.05) is 13.0 Å². The van der Waals surface area contributed by atoms with Crippen molar-refractivity contribution in [3.63, 3.8) is 0 Å². The van der Waals surface area contributed by atoms with E-state index in [1.54, 1.807) is 0 Å². The Labute approximate surface area is 312 Å². The third-order valence-corrected chi connectivity index (χ3v) is 9.54. The van der Waals surface area contributed by atoms with Crippen LogP contribution in [0.2, 0.25) is 0 Å². The summed E-state index contributed by atoms with van der Waals surface area (Å²) in [5.41, 5.74) is 0. The summed E-state index contributed by atoms with van der Waals surface area (Å²) < 4.78 is 33.3. The molecule has 0 saturated heterocycles. The Hall–Kier alpha value is -1.32. The van der Waals surface area contributed by atoms with Crippen molar-refractivity contribution in [3.8, 4) is 0 Å². The van der Waals surface area contributed by atoms with Crippen molar-refractivity contribution < 1.29 is 43.0 Å². The Bertz CT molecular complexity index is 892. The normalized spacial score (nSPS) is 14.5. The maximum Gasteiger partial charge on any atom is 0.472 e. The van der Waals surface area contributed by atoms with Gasteiger partial charge >= 0.3 is 13.8 Å². The van der Waals surface area contributed by atoms with E-state index in [2.05, 4.69) is 50.3 Å². The topological polar surface area (TPSA) is 132 Å². The van der Waals surface area contributed by atoms with Crippen LogP contribution in [0.3, 0.4) is 0 Å². The molecule has 0 aliphatic carbocycles. The van der Waals surface area contributed by atoms with Crippen LogP contribution in [0.15, 0.2) is 36.5 Å². The first-order valence-corrected chi connectivity index (χ1v) is 22.0. The Morgan fingerprint density at radius 3 is 1.69 bits per heavy atom. The van der Waals surface area contributed by atoms with E-state index in [0.29, 0.717) is 6.61 Å². The van der Waals surface area contributed by atoms with E-state index in [0.717, 1.165) is 64.2 Å². The van der Waals surface area contributed by atoms with Crippen molar-refractivity contribution >= 4 is 13.8 Å². The van der Waals surface area contributed by atoms with Gasteiger partial charge in [0.05, 0.1) is 26.4 Å². The van der Waals surface area contributed by atoms with E-state index in [1.165, 1.54) is 89.9 Å². The predicted molar refractivity (Wildman–Crippen MR) is 210 cm³/mol. The molecule has 3 N–H and O–H groups in total. The fourth-order valence-corrected chi connectivity index (χ4v) is 6.28. The van der Waals surface area contributed by atoms with Crippen LogP contribution >= 0.6 is 7.82 Å². The Morgan fingerprint density at radius 1 is 0.627 bits per heavy atom. The van der Waals surface area contributed by atoms with E-state index in [4.69, 9.17) is 23.6 Å². The molecule has 0 aromatic heterocycles. The van der Waals surface area contributed by atoms with Crippen LogP contribution in [0.4, 0.5) is 0 Å².